The zero-order valence-corrected chi connectivity index (χ0v) is 14.6. The van der Waals surface area contributed by atoms with Crippen LogP contribution in [-0.2, 0) is 16.8 Å². The van der Waals surface area contributed by atoms with Gasteiger partial charge in [0.1, 0.15) is 5.76 Å². The number of ether oxygens (including phenoxy) is 2. The molecular formula is C18H21NO6. The van der Waals surface area contributed by atoms with E-state index in [1.165, 1.54) is 19.2 Å². The summed E-state index contributed by atoms with van der Waals surface area (Å²) in [7, 11) is 3.08. The highest BCUT2D eigenvalue weighted by Crippen LogP contribution is 2.33. The SMILES string of the molecule is COc1ccc(C(C)(C)C(=O)NCc2ccc(C(=O)O)o2)cc1OC. The molecule has 0 atom stereocenters. The minimum Gasteiger partial charge on any atom is -0.493 e. The van der Waals surface area contributed by atoms with Gasteiger partial charge in [0.15, 0.2) is 11.5 Å². The summed E-state index contributed by atoms with van der Waals surface area (Å²) in [5, 5.41) is 11.6. The number of nitrogens with one attached hydrogen (secondary N) is 1. The standard InChI is InChI=1S/C18H21NO6/c1-18(2,11-5-7-13(23-3)15(9-11)24-4)17(22)19-10-12-6-8-14(25-12)16(20)21/h5-9H,10H2,1-4H3,(H,19,22)(H,20,21). The highest BCUT2D eigenvalue weighted by Gasteiger charge is 2.30. The van der Waals surface area contributed by atoms with Crippen LogP contribution in [0.5, 0.6) is 11.5 Å². The maximum absolute atomic E-state index is 12.6. The van der Waals surface area contributed by atoms with Crippen LogP contribution in [-0.4, -0.2) is 31.2 Å². The summed E-state index contributed by atoms with van der Waals surface area (Å²) in [6, 6.07) is 8.18. The molecule has 0 aliphatic heterocycles. The van der Waals surface area contributed by atoms with Gasteiger partial charge in [-0.1, -0.05) is 6.07 Å². The molecule has 7 heteroatoms. The second-order valence-corrected chi connectivity index (χ2v) is 5.95. The fourth-order valence-electron chi connectivity index (χ4n) is 2.33. The van der Waals surface area contributed by atoms with Crippen molar-refractivity contribution < 1.29 is 28.6 Å². The molecule has 7 nitrogen and oxygen atoms in total. The number of carbonyl (C=O) groups is 2. The molecule has 1 aromatic heterocycles. The number of rotatable bonds is 7. The third-order valence-corrected chi connectivity index (χ3v) is 3.97. The highest BCUT2D eigenvalue weighted by molar-refractivity contribution is 5.87. The third kappa shape index (κ3) is 3.93. The van der Waals surface area contributed by atoms with Gasteiger partial charge in [-0.05, 0) is 43.7 Å². The first-order valence-corrected chi connectivity index (χ1v) is 7.62. The van der Waals surface area contributed by atoms with Gasteiger partial charge in [0.2, 0.25) is 11.7 Å². The lowest BCUT2D eigenvalue weighted by atomic mass is 9.83. The van der Waals surface area contributed by atoms with Gasteiger partial charge in [0.25, 0.3) is 0 Å². The first-order valence-electron chi connectivity index (χ1n) is 7.62. The fraction of sp³-hybridized carbons (Fsp3) is 0.333. The number of carboxylic acid groups (broad SMARTS) is 1. The van der Waals surface area contributed by atoms with Crippen molar-refractivity contribution in [1.82, 2.24) is 5.32 Å². The second kappa shape index (κ2) is 7.29. The summed E-state index contributed by atoms with van der Waals surface area (Å²) in [4.78, 5) is 23.4. The van der Waals surface area contributed by atoms with Gasteiger partial charge in [-0.2, -0.15) is 0 Å². The van der Waals surface area contributed by atoms with Crippen molar-refractivity contribution in [2.45, 2.75) is 25.8 Å². The zero-order valence-electron chi connectivity index (χ0n) is 14.6. The van der Waals surface area contributed by atoms with Gasteiger partial charge >= 0.3 is 5.97 Å². The minimum absolute atomic E-state index is 0.100. The van der Waals surface area contributed by atoms with E-state index in [2.05, 4.69) is 5.32 Å². The van der Waals surface area contributed by atoms with Crippen molar-refractivity contribution >= 4 is 11.9 Å². The number of hydrogen-bond donors (Lipinski definition) is 2. The number of methoxy groups -OCH3 is 2. The molecule has 0 fully saturated rings. The molecule has 0 unspecified atom stereocenters. The van der Waals surface area contributed by atoms with Crippen molar-refractivity contribution in [3.63, 3.8) is 0 Å². The molecule has 0 spiro atoms. The molecule has 0 saturated carbocycles. The maximum atomic E-state index is 12.6. The van der Waals surface area contributed by atoms with Crippen LogP contribution in [0, 0.1) is 0 Å². The number of furan rings is 1. The third-order valence-electron chi connectivity index (χ3n) is 3.97. The quantitative estimate of drug-likeness (QED) is 0.799. The molecule has 0 aliphatic carbocycles. The van der Waals surface area contributed by atoms with E-state index >= 15 is 0 Å². The van der Waals surface area contributed by atoms with E-state index in [0.717, 1.165) is 5.56 Å². The maximum Gasteiger partial charge on any atom is 0.371 e. The largest absolute Gasteiger partial charge is 0.493 e. The molecule has 0 radical (unpaired) electrons. The number of aromatic carboxylic acids is 1. The van der Waals surface area contributed by atoms with E-state index in [4.69, 9.17) is 19.0 Å². The van der Waals surface area contributed by atoms with E-state index in [1.807, 2.05) is 0 Å². The monoisotopic (exact) mass is 347 g/mol. The molecule has 2 rings (SSSR count). The normalized spacial score (nSPS) is 11.0. The van der Waals surface area contributed by atoms with Crippen LogP contribution in [0.4, 0.5) is 0 Å². The summed E-state index contributed by atoms with van der Waals surface area (Å²) in [5.74, 6) is -0.0502. The molecule has 0 aliphatic rings. The number of amides is 1. The van der Waals surface area contributed by atoms with E-state index in [1.54, 1.807) is 39.2 Å². The van der Waals surface area contributed by atoms with Crippen LogP contribution in [0.3, 0.4) is 0 Å². The Morgan fingerprint density at radius 1 is 1.12 bits per heavy atom. The molecule has 2 aromatic rings. The summed E-state index contributed by atoms with van der Waals surface area (Å²) < 4.78 is 15.6. The van der Waals surface area contributed by atoms with Crippen molar-refractivity contribution in [3.05, 3.63) is 47.4 Å². The second-order valence-electron chi connectivity index (χ2n) is 5.95. The van der Waals surface area contributed by atoms with E-state index in [-0.39, 0.29) is 18.2 Å². The van der Waals surface area contributed by atoms with Crippen molar-refractivity contribution in [2.75, 3.05) is 14.2 Å². The zero-order chi connectivity index (χ0) is 18.6. The van der Waals surface area contributed by atoms with E-state index < -0.39 is 11.4 Å². The Bertz CT molecular complexity index is 778. The predicted molar refractivity (Wildman–Crippen MR) is 90.1 cm³/mol. The first kappa shape index (κ1) is 18.4. The van der Waals surface area contributed by atoms with Gasteiger partial charge in [-0.15, -0.1) is 0 Å². The highest BCUT2D eigenvalue weighted by atomic mass is 16.5. The van der Waals surface area contributed by atoms with Crippen LogP contribution in [0.15, 0.2) is 34.7 Å². The van der Waals surface area contributed by atoms with Gasteiger partial charge in [-0.25, -0.2) is 4.79 Å². The summed E-state index contributed by atoms with van der Waals surface area (Å²) in [5.41, 5.74) is -0.0739. The molecule has 25 heavy (non-hydrogen) atoms. The van der Waals surface area contributed by atoms with Crippen LogP contribution >= 0.6 is 0 Å². The molecule has 1 heterocycles. The van der Waals surface area contributed by atoms with Gasteiger partial charge in [0.05, 0.1) is 26.2 Å². The number of carboxylic acids is 1. The van der Waals surface area contributed by atoms with Crippen LogP contribution in [0.1, 0.15) is 35.7 Å². The Balaban J connectivity index is 2.12. The number of benzene rings is 1. The van der Waals surface area contributed by atoms with Crippen molar-refractivity contribution in [3.8, 4) is 11.5 Å². The molecular weight excluding hydrogens is 326 g/mol. The fourth-order valence-corrected chi connectivity index (χ4v) is 2.33. The Morgan fingerprint density at radius 3 is 2.36 bits per heavy atom. The van der Waals surface area contributed by atoms with E-state index in [9.17, 15) is 9.59 Å². The number of carbonyl (C=O) groups excluding carboxylic acids is 1. The van der Waals surface area contributed by atoms with Crippen LogP contribution in [0.25, 0.3) is 0 Å². The first-order chi connectivity index (χ1) is 11.8. The summed E-state index contributed by atoms with van der Waals surface area (Å²) in [6.07, 6.45) is 0. The topological polar surface area (TPSA) is 98.0 Å². The molecule has 1 aromatic carbocycles. The van der Waals surface area contributed by atoms with E-state index in [0.29, 0.717) is 17.3 Å². The molecule has 0 bridgehead atoms. The lowest BCUT2D eigenvalue weighted by Gasteiger charge is -2.25. The average molecular weight is 347 g/mol. The van der Waals surface area contributed by atoms with Crippen LogP contribution < -0.4 is 14.8 Å². The Kier molecular flexibility index (Phi) is 5.36. The lowest BCUT2D eigenvalue weighted by Crippen LogP contribution is -2.39. The Labute approximate surface area is 145 Å². The van der Waals surface area contributed by atoms with Crippen molar-refractivity contribution in [1.29, 1.82) is 0 Å². The van der Waals surface area contributed by atoms with Gasteiger partial charge in [0, 0.05) is 0 Å². The molecule has 0 saturated heterocycles. The predicted octanol–water partition coefficient (Wildman–Crippen LogP) is 2.59. The molecule has 1 amide bonds. The Hall–Kier alpha value is -2.96. The Morgan fingerprint density at radius 2 is 1.80 bits per heavy atom. The number of hydrogen-bond acceptors (Lipinski definition) is 5. The smallest absolute Gasteiger partial charge is 0.371 e. The minimum atomic E-state index is -1.15. The lowest BCUT2D eigenvalue weighted by molar-refractivity contribution is -0.125. The summed E-state index contributed by atoms with van der Waals surface area (Å²) >= 11 is 0. The van der Waals surface area contributed by atoms with Gasteiger partial charge in [-0.3, -0.25) is 4.79 Å². The van der Waals surface area contributed by atoms with Gasteiger partial charge < -0.3 is 24.3 Å². The average Bonchev–Trinajstić information content (AvgIpc) is 3.08. The summed E-state index contributed by atoms with van der Waals surface area (Å²) in [6.45, 7) is 3.67. The molecule has 134 valence electrons. The van der Waals surface area contributed by atoms with Crippen molar-refractivity contribution in [2.24, 2.45) is 0 Å². The molecule has 2 N–H and O–H groups in total. The van der Waals surface area contributed by atoms with Crippen LogP contribution in [0.2, 0.25) is 0 Å².